The van der Waals surface area contributed by atoms with Gasteiger partial charge in [0.1, 0.15) is 11.4 Å². The molecule has 0 bridgehead atoms. The zero-order chi connectivity index (χ0) is 22.9. The Morgan fingerprint density at radius 3 is 1.23 bits per heavy atom. The van der Waals surface area contributed by atoms with Gasteiger partial charge in [0.05, 0.1) is 24.2 Å². The van der Waals surface area contributed by atoms with Crippen LogP contribution in [0.1, 0.15) is 55.4 Å². The van der Waals surface area contributed by atoms with Gasteiger partial charge in [-0.1, -0.05) is 0 Å². The van der Waals surface area contributed by atoms with E-state index in [1.807, 2.05) is 24.5 Å². The molecule has 0 fully saturated rings. The Bertz CT molecular complexity index is 755. The molecule has 0 atom stereocenters. The average Bonchev–Trinajstić information content (AvgIpc) is 2.71. The molecule has 0 saturated heterocycles. The van der Waals surface area contributed by atoms with Crippen LogP contribution in [0.2, 0.25) is 0 Å². The van der Waals surface area contributed by atoms with E-state index in [2.05, 4.69) is 93.6 Å². The molecule has 0 N–H and O–H groups in total. The van der Waals surface area contributed by atoms with Crippen molar-refractivity contribution < 1.29 is 0 Å². The van der Waals surface area contributed by atoms with Gasteiger partial charge in [-0.25, -0.2) is 9.97 Å². The fraction of sp³-hybridized carbons (Fsp3) is 0.520. The first-order valence-corrected chi connectivity index (χ1v) is 11.0. The second kappa shape index (κ2) is 9.03. The van der Waals surface area contributed by atoms with E-state index in [-0.39, 0.29) is 24.2 Å². The Morgan fingerprint density at radius 1 is 0.667 bits per heavy atom. The highest BCUT2D eigenvalue weighted by Crippen LogP contribution is 2.42. The van der Waals surface area contributed by atoms with Gasteiger partial charge < -0.3 is 13.9 Å². The molecule has 0 radical (unpaired) electrons. The molecule has 166 valence electrons. The molecule has 0 spiro atoms. The summed E-state index contributed by atoms with van der Waals surface area (Å²) in [6, 6.07) is 9.39. The molecule has 0 aliphatic heterocycles. The van der Waals surface area contributed by atoms with Crippen LogP contribution in [0.25, 0.3) is 0 Å². The highest BCUT2D eigenvalue weighted by molar-refractivity contribution is 5.78. The maximum Gasteiger partial charge on any atom is 0.225 e. The number of hydrogen-bond donors (Lipinski definition) is 0. The topological polar surface area (TPSA) is 29.0 Å². The summed E-state index contributed by atoms with van der Waals surface area (Å²) in [5, 5.41) is 0. The van der Waals surface area contributed by atoms with Gasteiger partial charge in [-0.2, -0.15) is 0 Å². The predicted molar refractivity (Wildman–Crippen MR) is 131 cm³/mol. The summed E-state index contributed by atoms with van der Waals surface area (Å²) in [5.41, 5.74) is 2.09. The molecule has 0 aliphatic rings. The molecule has 5 nitrogen and oxygen atoms in total. The van der Waals surface area contributed by atoms with Crippen molar-refractivity contribution in [1.82, 2.24) is 18.9 Å². The van der Waals surface area contributed by atoms with E-state index in [0.717, 1.165) is 23.0 Å². The molecule has 2 aromatic rings. The van der Waals surface area contributed by atoms with Crippen LogP contribution in [-0.4, -0.2) is 41.2 Å². The Kier molecular flexibility index (Phi) is 7.31. The van der Waals surface area contributed by atoms with Gasteiger partial charge in [0.2, 0.25) is 11.6 Å². The van der Waals surface area contributed by atoms with Crippen LogP contribution < -0.4 is 13.9 Å². The summed E-state index contributed by atoms with van der Waals surface area (Å²) in [7, 11) is 11.3. The first-order valence-electron chi connectivity index (χ1n) is 11.0. The third kappa shape index (κ3) is 3.97. The lowest BCUT2D eigenvalue weighted by molar-refractivity contribution is 0.243. The summed E-state index contributed by atoms with van der Waals surface area (Å²) in [6.07, 6.45) is 3.73. The van der Waals surface area contributed by atoms with E-state index in [0.29, 0.717) is 8.97 Å². The molecule has 2 aromatic heterocycles. The van der Waals surface area contributed by atoms with E-state index >= 15 is 0 Å². The monoisotopic (exact) mass is 411 g/mol. The fourth-order valence-electron chi connectivity index (χ4n) is 4.24. The summed E-state index contributed by atoms with van der Waals surface area (Å²) in [6.45, 7) is 17.6. The van der Waals surface area contributed by atoms with Crippen molar-refractivity contribution in [1.29, 1.82) is 0 Å². The number of aromatic nitrogens is 2. The lowest BCUT2D eigenvalue weighted by Gasteiger charge is -2.50. The summed E-state index contributed by atoms with van der Waals surface area (Å²) in [4.78, 5) is 11.9. The van der Waals surface area contributed by atoms with Gasteiger partial charge in [-0.05, 0) is 79.7 Å². The minimum Gasteiger partial charge on any atom is -0.402 e. The van der Waals surface area contributed by atoms with E-state index < -0.39 is 0 Å². The van der Waals surface area contributed by atoms with Crippen molar-refractivity contribution in [3.05, 3.63) is 50.8 Å². The van der Waals surface area contributed by atoms with Gasteiger partial charge in [0.15, 0.2) is 0 Å². The zero-order valence-corrected chi connectivity index (χ0v) is 20.4. The average molecular weight is 412 g/mol. The van der Waals surface area contributed by atoms with Crippen LogP contribution in [0.4, 0.5) is 23.0 Å². The van der Waals surface area contributed by atoms with Gasteiger partial charge in [-0.15, -0.1) is 14.1 Å². The first-order chi connectivity index (χ1) is 13.9. The molecule has 0 amide bonds. The Labute approximate surface area is 184 Å². The number of hydrogen-bond acceptors (Lipinski definition) is 3. The van der Waals surface area contributed by atoms with Crippen molar-refractivity contribution in [2.24, 2.45) is 0 Å². The lowest BCUT2D eigenvalue weighted by atomic mass is 10.1. The quantitative estimate of drug-likeness (QED) is 0.389. The molecule has 2 rings (SSSR count). The largest absolute Gasteiger partial charge is 0.402 e. The van der Waals surface area contributed by atoms with E-state index in [1.165, 1.54) is 0 Å². The molecule has 5 heteroatoms. The second-order valence-corrected chi connectivity index (χ2v) is 9.49. The number of nitrogens with zero attached hydrogens (tertiary/aromatic N) is 5. The van der Waals surface area contributed by atoms with Crippen LogP contribution in [-0.2, 0) is 0 Å². The molecule has 0 aromatic carbocycles. The van der Waals surface area contributed by atoms with Crippen molar-refractivity contribution in [3.63, 3.8) is 0 Å². The third-order valence-electron chi connectivity index (χ3n) is 6.73. The van der Waals surface area contributed by atoms with E-state index in [4.69, 9.17) is 9.97 Å². The number of rotatable bonds is 8. The zero-order valence-electron chi connectivity index (χ0n) is 20.4. The highest BCUT2D eigenvalue weighted by Gasteiger charge is 2.35. The molecule has 30 heavy (non-hydrogen) atoms. The van der Waals surface area contributed by atoms with Gasteiger partial charge in [-0.3, -0.25) is 0 Å². The smallest absolute Gasteiger partial charge is 0.225 e. The predicted octanol–water partition coefficient (Wildman–Crippen LogP) is 6.08. The maximum atomic E-state index is 4.83. The number of quaternary nitrogens is 2. The van der Waals surface area contributed by atoms with Crippen molar-refractivity contribution >= 4 is 23.0 Å². The van der Waals surface area contributed by atoms with Gasteiger partial charge >= 0.3 is 0 Å². The van der Waals surface area contributed by atoms with E-state index in [9.17, 15) is 0 Å². The molecule has 0 aliphatic carbocycles. The summed E-state index contributed by atoms with van der Waals surface area (Å²) in [5.74, 6) is 1.94. The number of pyridine rings is 2. The summed E-state index contributed by atoms with van der Waals surface area (Å²) >= 11 is 0. The molecule has 2 heterocycles. The van der Waals surface area contributed by atoms with Crippen LogP contribution in [0, 0.1) is 14.1 Å². The van der Waals surface area contributed by atoms with Crippen LogP contribution in [0.15, 0.2) is 36.7 Å². The standard InChI is InChI=1S/C25H41N5/c1-18(2)29(10,19(3)4)24-22(14-12-16-26-24)28(9)23-15-13-17-27-25(23)30(11,20(5)6)21(7)8/h12-21H,10-11H2,1-9H3. The number of anilines is 2. The second-order valence-electron chi connectivity index (χ2n) is 9.49. The van der Waals surface area contributed by atoms with Crippen LogP contribution in [0.3, 0.4) is 0 Å². The van der Waals surface area contributed by atoms with Gasteiger partial charge in [0.25, 0.3) is 0 Å². The van der Waals surface area contributed by atoms with Crippen LogP contribution >= 0.6 is 0 Å². The Balaban J connectivity index is 2.73. The SMILES string of the molecule is [CH2-][N+](c1ncccc1N(C)c1cccnc1[N+]([CH2-])(C(C)C)C(C)C)(C(C)C)C(C)C. The third-order valence-corrected chi connectivity index (χ3v) is 6.73. The molecule has 0 unspecified atom stereocenters. The lowest BCUT2D eigenvalue weighted by Crippen LogP contribution is -2.55. The van der Waals surface area contributed by atoms with Crippen molar-refractivity contribution in [3.8, 4) is 0 Å². The maximum absolute atomic E-state index is 4.83. The van der Waals surface area contributed by atoms with E-state index in [1.54, 1.807) is 0 Å². The Morgan fingerprint density at radius 2 is 0.967 bits per heavy atom. The summed E-state index contributed by atoms with van der Waals surface area (Å²) < 4.78 is 1.02. The fourth-order valence-corrected chi connectivity index (χ4v) is 4.24. The van der Waals surface area contributed by atoms with Crippen molar-refractivity contribution in [2.75, 3.05) is 11.9 Å². The first kappa shape index (κ1) is 24.3. The minimum atomic E-state index is 0.287. The Hall–Kier alpha value is -1.98. The highest BCUT2D eigenvalue weighted by atomic mass is 15.4. The molecular weight excluding hydrogens is 370 g/mol. The van der Waals surface area contributed by atoms with Gasteiger partial charge in [0, 0.05) is 19.4 Å². The van der Waals surface area contributed by atoms with Crippen molar-refractivity contribution in [2.45, 2.75) is 79.6 Å². The minimum absolute atomic E-state index is 0.287. The molecule has 0 saturated carbocycles. The molecular formula is C25H41N5. The van der Waals surface area contributed by atoms with Crippen LogP contribution in [0.5, 0.6) is 0 Å². The normalized spacial score (nSPS) is 13.0.